The Kier molecular flexibility index (Phi) is 6.28. The monoisotopic (exact) mass is 275 g/mol. The van der Waals surface area contributed by atoms with Crippen LogP contribution in [-0.2, 0) is 4.79 Å². The van der Waals surface area contributed by atoms with Crippen LogP contribution in [0.15, 0.2) is 0 Å². The van der Waals surface area contributed by atoms with E-state index in [1.54, 1.807) is 0 Å². The number of hydrogen-bond acceptors (Lipinski definition) is 4. The normalized spacial score (nSPS) is 19.3. The second-order valence-corrected chi connectivity index (χ2v) is 5.08. The van der Waals surface area contributed by atoms with Crippen molar-refractivity contribution >= 4 is 23.8 Å². The fourth-order valence-electron chi connectivity index (χ4n) is 1.81. The van der Waals surface area contributed by atoms with Gasteiger partial charge in [0.1, 0.15) is 6.04 Å². The SMILES string of the molecule is CCN(CC)CCNC(=O)N1CSCC1C(=O)O. The molecule has 0 radical (unpaired) electrons. The molecule has 1 rings (SSSR count). The molecule has 1 fully saturated rings. The van der Waals surface area contributed by atoms with Crippen molar-refractivity contribution in [3.8, 4) is 0 Å². The lowest BCUT2D eigenvalue weighted by molar-refractivity contribution is -0.140. The van der Waals surface area contributed by atoms with E-state index >= 15 is 0 Å². The van der Waals surface area contributed by atoms with Gasteiger partial charge in [0.15, 0.2) is 0 Å². The van der Waals surface area contributed by atoms with Gasteiger partial charge in [0, 0.05) is 18.8 Å². The topological polar surface area (TPSA) is 72.9 Å². The number of aliphatic carboxylic acids is 1. The van der Waals surface area contributed by atoms with Crippen molar-refractivity contribution in [3.63, 3.8) is 0 Å². The molecule has 7 heteroatoms. The summed E-state index contributed by atoms with van der Waals surface area (Å²) in [6.45, 7) is 7.38. The molecule has 1 aliphatic heterocycles. The van der Waals surface area contributed by atoms with Gasteiger partial charge in [-0.25, -0.2) is 9.59 Å². The Bertz CT molecular complexity index is 297. The van der Waals surface area contributed by atoms with Gasteiger partial charge in [0.25, 0.3) is 0 Å². The summed E-state index contributed by atoms with van der Waals surface area (Å²) in [5.74, 6) is -0.00810. The van der Waals surface area contributed by atoms with Crippen molar-refractivity contribution < 1.29 is 14.7 Å². The van der Waals surface area contributed by atoms with Crippen LogP contribution in [0.2, 0.25) is 0 Å². The van der Waals surface area contributed by atoms with Gasteiger partial charge in [-0.15, -0.1) is 11.8 Å². The van der Waals surface area contributed by atoms with Gasteiger partial charge in [-0.1, -0.05) is 13.8 Å². The van der Waals surface area contributed by atoms with Gasteiger partial charge in [-0.2, -0.15) is 0 Å². The zero-order valence-corrected chi connectivity index (χ0v) is 11.7. The number of carboxylic acids is 1. The standard InChI is InChI=1S/C11H21N3O3S/c1-3-13(4-2)6-5-12-11(17)14-8-18-7-9(14)10(15)16/h9H,3-8H2,1-2H3,(H,12,17)(H,15,16). The van der Waals surface area contributed by atoms with Crippen molar-refractivity contribution in [1.29, 1.82) is 0 Å². The van der Waals surface area contributed by atoms with Gasteiger partial charge in [0.2, 0.25) is 0 Å². The Morgan fingerprint density at radius 2 is 2.11 bits per heavy atom. The van der Waals surface area contributed by atoms with Gasteiger partial charge in [0.05, 0.1) is 5.88 Å². The van der Waals surface area contributed by atoms with Crippen molar-refractivity contribution in [1.82, 2.24) is 15.1 Å². The third-order valence-corrected chi connectivity index (χ3v) is 4.04. The molecule has 0 aromatic carbocycles. The lowest BCUT2D eigenvalue weighted by Gasteiger charge is -2.22. The van der Waals surface area contributed by atoms with E-state index in [1.807, 2.05) is 0 Å². The molecule has 1 unspecified atom stereocenters. The molecule has 0 aliphatic carbocycles. The van der Waals surface area contributed by atoms with Crippen LogP contribution < -0.4 is 5.32 Å². The fraction of sp³-hybridized carbons (Fsp3) is 0.818. The Hall–Kier alpha value is -0.950. The van der Waals surface area contributed by atoms with Crippen LogP contribution in [0.4, 0.5) is 4.79 Å². The summed E-state index contributed by atoms with van der Waals surface area (Å²) in [5, 5.41) is 11.8. The molecular weight excluding hydrogens is 254 g/mol. The average molecular weight is 275 g/mol. The van der Waals surface area contributed by atoms with E-state index in [4.69, 9.17) is 5.11 Å². The number of thioether (sulfide) groups is 1. The molecule has 6 nitrogen and oxygen atoms in total. The second-order valence-electron chi connectivity index (χ2n) is 4.08. The fourth-order valence-corrected chi connectivity index (χ4v) is 2.95. The smallest absolute Gasteiger partial charge is 0.327 e. The van der Waals surface area contributed by atoms with Crippen LogP contribution in [0, 0.1) is 0 Å². The number of hydrogen-bond donors (Lipinski definition) is 2. The molecule has 0 saturated carbocycles. The van der Waals surface area contributed by atoms with E-state index in [0.29, 0.717) is 18.2 Å². The first-order chi connectivity index (χ1) is 8.60. The maximum atomic E-state index is 11.8. The first-order valence-electron chi connectivity index (χ1n) is 6.17. The minimum atomic E-state index is -0.932. The number of nitrogens with zero attached hydrogens (tertiary/aromatic N) is 2. The number of rotatable bonds is 6. The van der Waals surface area contributed by atoms with Crippen LogP contribution in [0.1, 0.15) is 13.8 Å². The quantitative estimate of drug-likeness (QED) is 0.738. The number of carbonyl (C=O) groups excluding carboxylic acids is 1. The van der Waals surface area contributed by atoms with E-state index < -0.39 is 12.0 Å². The highest BCUT2D eigenvalue weighted by Crippen LogP contribution is 2.20. The average Bonchev–Trinajstić information content (AvgIpc) is 2.83. The molecule has 0 spiro atoms. The number of carboxylic acid groups (broad SMARTS) is 1. The summed E-state index contributed by atoms with van der Waals surface area (Å²) in [5.41, 5.74) is 0. The Morgan fingerprint density at radius 3 is 2.67 bits per heavy atom. The van der Waals surface area contributed by atoms with E-state index in [-0.39, 0.29) is 6.03 Å². The number of nitrogens with one attached hydrogen (secondary N) is 1. The predicted molar refractivity (Wildman–Crippen MR) is 71.8 cm³/mol. The van der Waals surface area contributed by atoms with Crippen LogP contribution >= 0.6 is 11.8 Å². The third kappa shape index (κ3) is 4.06. The molecular formula is C11H21N3O3S. The summed E-state index contributed by atoms with van der Waals surface area (Å²) in [7, 11) is 0. The molecule has 18 heavy (non-hydrogen) atoms. The first kappa shape index (κ1) is 15.1. The Morgan fingerprint density at radius 1 is 1.44 bits per heavy atom. The third-order valence-electron chi connectivity index (χ3n) is 3.03. The van der Waals surface area contributed by atoms with E-state index in [1.165, 1.54) is 16.7 Å². The number of amides is 2. The minimum Gasteiger partial charge on any atom is -0.480 e. The van der Waals surface area contributed by atoms with Crippen molar-refractivity contribution in [2.24, 2.45) is 0 Å². The summed E-state index contributed by atoms with van der Waals surface area (Å²) >= 11 is 1.47. The van der Waals surface area contributed by atoms with Gasteiger partial charge in [-0.3, -0.25) is 0 Å². The van der Waals surface area contributed by atoms with E-state index in [9.17, 15) is 9.59 Å². The summed E-state index contributed by atoms with van der Waals surface area (Å²) < 4.78 is 0. The van der Waals surface area contributed by atoms with Gasteiger partial charge < -0.3 is 20.2 Å². The predicted octanol–water partition coefficient (Wildman–Crippen LogP) is 0.497. The molecule has 1 aliphatic rings. The van der Waals surface area contributed by atoms with Crippen LogP contribution in [0.3, 0.4) is 0 Å². The van der Waals surface area contributed by atoms with Gasteiger partial charge >= 0.3 is 12.0 Å². The summed E-state index contributed by atoms with van der Waals surface area (Å²) in [4.78, 5) is 26.4. The molecule has 1 atom stereocenters. The van der Waals surface area contributed by atoms with Crippen molar-refractivity contribution in [3.05, 3.63) is 0 Å². The van der Waals surface area contributed by atoms with Crippen LogP contribution in [0.5, 0.6) is 0 Å². The first-order valence-corrected chi connectivity index (χ1v) is 7.33. The maximum Gasteiger partial charge on any atom is 0.327 e. The summed E-state index contributed by atoms with van der Waals surface area (Å²) in [6.07, 6.45) is 0. The maximum absolute atomic E-state index is 11.8. The Balaban J connectivity index is 2.34. The molecule has 0 aromatic heterocycles. The number of carbonyl (C=O) groups is 2. The van der Waals surface area contributed by atoms with Gasteiger partial charge in [-0.05, 0) is 13.1 Å². The molecule has 2 amide bonds. The zero-order chi connectivity index (χ0) is 13.5. The number of urea groups is 1. The largest absolute Gasteiger partial charge is 0.480 e. The number of likely N-dealkylation sites (N-methyl/N-ethyl adjacent to an activating group) is 1. The van der Waals surface area contributed by atoms with Crippen LogP contribution in [-0.4, -0.2) is 70.8 Å². The molecule has 1 saturated heterocycles. The van der Waals surface area contributed by atoms with Crippen molar-refractivity contribution in [2.45, 2.75) is 19.9 Å². The van der Waals surface area contributed by atoms with E-state index in [2.05, 4.69) is 24.1 Å². The highest BCUT2D eigenvalue weighted by Gasteiger charge is 2.34. The molecule has 0 aromatic rings. The lowest BCUT2D eigenvalue weighted by atomic mass is 10.3. The minimum absolute atomic E-state index is 0.278. The van der Waals surface area contributed by atoms with Crippen molar-refractivity contribution in [2.75, 3.05) is 37.8 Å². The molecule has 2 N–H and O–H groups in total. The molecule has 104 valence electrons. The highest BCUT2D eigenvalue weighted by atomic mass is 32.2. The van der Waals surface area contributed by atoms with E-state index in [0.717, 1.165) is 19.6 Å². The molecule has 1 heterocycles. The lowest BCUT2D eigenvalue weighted by Crippen LogP contribution is -2.48. The Labute approximate surface area is 112 Å². The second kappa shape index (κ2) is 7.48. The molecule has 0 bridgehead atoms. The highest BCUT2D eigenvalue weighted by molar-refractivity contribution is 7.99. The summed E-state index contributed by atoms with van der Waals surface area (Å²) in [6, 6.07) is -0.969. The zero-order valence-electron chi connectivity index (χ0n) is 10.9. The van der Waals surface area contributed by atoms with Crippen LogP contribution in [0.25, 0.3) is 0 Å².